The van der Waals surface area contributed by atoms with E-state index in [-0.39, 0.29) is 18.4 Å². The molecule has 2 amide bonds. The summed E-state index contributed by atoms with van der Waals surface area (Å²) in [5.74, 6) is 0.604. The fraction of sp³-hybridized carbons (Fsp3) is 0.238. The van der Waals surface area contributed by atoms with Gasteiger partial charge < -0.3 is 20.0 Å². The molecule has 8 nitrogen and oxygen atoms in total. The van der Waals surface area contributed by atoms with Crippen molar-refractivity contribution in [2.75, 3.05) is 36.1 Å². The van der Waals surface area contributed by atoms with Crippen LogP contribution in [0.4, 0.5) is 11.4 Å². The number of hydrogen-bond donors (Lipinski definition) is 2. The molecule has 10 heteroatoms. The van der Waals surface area contributed by atoms with E-state index in [1.807, 2.05) is 11.2 Å². The first-order chi connectivity index (χ1) is 15.0. The van der Waals surface area contributed by atoms with Gasteiger partial charge in [0.05, 0.1) is 34.8 Å². The van der Waals surface area contributed by atoms with Crippen LogP contribution in [-0.2, 0) is 4.79 Å². The van der Waals surface area contributed by atoms with Gasteiger partial charge in [-0.25, -0.2) is 9.97 Å². The second-order valence-corrected chi connectivity index (χ2v) is 8.09. The maximum atomic E-state index is 13.0. The highest BCUT2D eigenvalue weighted by molar-refractivity contribution is 7.98. The molecule has 0 spiro atoms. The first-order valence-corrected chi connectivity index (χ1v) is 11.2. The summed E-state index contributed by atoms with van der Waals surface area (Å²) < 4.78 is 5.37. The number of halogens is 1. The molecular weight excluding hydrogens is 438 g/mol. The zero-order chi connectivity index (χ0) is 22.0. The molecule has 0 aliphatic carbocycles. The summed E-state index contributed by atoms with van der Waals surface area (Å²) in [6.45, 7) is 3.26. The number of thioether (sulfide) groups is 1. The van der Waals surface area contributed by atoms with E-state index in [0.29, 0.717) is 51.7 Å². The van der Waals surface area contributed by atoms with Crippen LogP contribution < -0.4 is 15.5 Å². The topological polar surface area (TPSA) is 100 Å². The highest BCUT2D eigenvalue weighted by atomic mass is 35.5. The third-order valence-electron chi connectivity index (χ3n) is 4.80. The quantitative estimate of drug-likeness (QED) is 0.446. The zero-order valence-electron chi connectivity index (χ0n) is 16.9. The molecule has 1 aliphatic rings. The molecule has 0 atom stereocenters. The van der Waals surface area contributed by atoms with Crippen molar-refractivity contribution in [1.29, 1.82) is 0 Å². The molecule has 0 unspecified atom stereocenters. The number of hydrogen-bond acceptors (Lipinski definition) is 7. The third kappa shape index (κ3) is 4.52. The monoisotopic (exact) mass is 457 g/mol. The van der Waals surface area contributed by atoms with Crippen molar-refractivity contribution in [2.45, 2.75) is 11.9 Å². The molecule has 2 N–H and O–H groups in total. The molecule has 160 valence electrons. The van der Waals surface area contributed by atoms with Gasteiger partial charge in [0.1, 0.15) is 5.03 Å². The number of rotatable bonds is 5. The van der Waals surface area contributed by atoms with Crippen LogP contribution in [0.2, 0.25) is 5.02 Å². The Hall–Kier alpha value is -3.04. The van der Waals surface area contributed by atoms with Crippen molar-refractivity contribution in [3.8, 4) is 11.6 Å². The normalized spacial score (nSPS) is 13.8. The van der Waals surface area contributed by atoms with E-state index in [1.54, 1.807) is 43.5 Å². The van der Waals surface area contributed by atoms with Crippen LogP contribution in [0.3, 0.4) is 0 Å². The molecule has 0 radical (unpaired) electrons. The van der Waals surface area contributed by atoms with Gasteiger partial charge in [-0.3, -0.25) is 9.59 Å². The number of aryl methyl sites for hydroxylation is 1. The number of nitrogens with one attached hydrogen (secondary N) is 2. The van der Waals surface area contributed by atoms with Gasteiger partial charge in [0.15, 0.2) is 11.6 Å². The lowest BCUT2D eigenvalue weighted by Gasteiger charge is -2.29. The number of carbonyl (C=O) groups excluding carboxylic acids is 2. The predicted octanol–water partition coefficient (Wildman–Crippen LogP) is 3.61. The molecule has 4 rings (SSSR count). The number of amides is 2. The molecule has 3 aromatic rings. The fourth-order valence-electron chi connectivity index (χ4n) is 3.35. The van der Waals surface area contributed by atoms with Crippen LogP contribution >= 0.6 is 23.4 Å². The minimum Gasteiger partial charge on any atom is -0.461 e. The van der Waals surface area contributed by atoms with E-state index >= 15 is 0 Å². The molecule has 1 fully saturated rings. The summed E-state index contributed by atoms with van der Waals surface area (Å²) in [5, 5.41) is 6.67. The van der Waals surface area contributed by atoms with Crippen molar-refractivity contribution in [3.05, 3.63) is 52.9 Å². The second kappa shape index (κ2) is 8.99. The van der Waals surface area contributed by atoms with Gasteiger partial charge in [-0.05, 0) is 43.5 Å². The number of nitrogens with zero attached hydrogens (tertiary/aromatic N) is 3. The Morgan fingerprint density at radius 2 is 2.16 bits per heavy atom. The van der Waals surface area contributed by atoms with E-state index < -0.39 is 0 Å². The largest absolute Gasteiger partial charge is 0.461 e. The SMILES string of the molecule is CSc1nc(-c2ccco2)nc(C)c1C(=O)Nc1ccc(N2CCNC(=O)C2)c(Cl)c1. The molecule has 1 aliphatic heterocycles. The summed E-state index contributed by atoms with van der Waals surface area (Å²) >= 11 is 7.80. The summed E-state index contributed by atoms with van der Waals surface area (Å²) in [4.78, 5) is 35.5. The minimum atomic E-state index is -0.325. The Labute approximate surface area is 188 Å². The second-order valence-electron chi connectivity index (χ2n) is 6.89. The van der Waals surface area contributed by atoms with E-state index in [4.69, 9.17) is 16.0 Å². The predicted molar refractivity (Wildman–Crippen MR) is 121 cm³/mol. The summed E-state index contributed by atoms with van der Waals surface area (Å²) in [6, 6.07) is 8.77. The van der Waals surface area contributed by atoms with Gasteiger partial charge in [0, 0.05) is 18.8 Å². The number of benzene rings is 1. The Morgan fingerprint density at radius 3 is 2.84 bits per heavy atom. The minimum absolute atomic E-state index is 0.0437. The van der Waals surface area contributed by atoms with E-state index in [0.717, 1.165) is 5.69 Å². The maximum absolute atomic E-state index is 13.0. The Balaban J connectivity index is 1.57. The van der Waals surface area contributed by atoms with Crippen LogP contribution in [0.15, 0.2) is 46.0 Å². The lowest BCUT2D eigenvalue weighted by Crippen LogP contribution is -2.47. The number of piperazine rings is 1. The number of aromatic nitrogens is 2. The average Bonchev–Trinajstić information content (AvgIpc) is 3.28. The highest BCUT2D eigenvalue weighted by Gasteiger charge is 2.22. The van der Waals surface area contributed by atoms with Gasteiger partial charge >= 0.3 is 0 Å². The fourth-order valence-corrected chi connectivity index (χ4v) is 4.27. The molecular formula is C21H20ClN5O3S. The molecule has 0 saturated carbocycles. The summed E-state index contributed by atoms with van der Waals surface area (Å²) in [7, 11) is 0. The molecule has 1 aromatic carbocycles. The molecule has 1 saturated heterocycles. The first-order valence-electron chi connectivity index (χ1n) is 9.55. The summed E-state index contributed by atoms with van der Waals surface area (Å²) in [6.07, 6.45) is 3.40. The molecule has 31 heavy (non-hydrogen) atoms. The van der Waals surface area contributed by atoms with Crippen LogP contribution in [0.25, 0.3) is 11.6 Å². The Bertz CT molecular complexity index is 1140. The zero-order valence-corrected chi connectivity index (χ0v) is 18.5. The van der Waals surface area contributed by atoms with Gasteiger partial charge in [-0.1, -0.05) is 11.6 Å². The van der Waals surface area contributed by atoms with Crippen LogP contribution in [0.5, 0.6) is 0 Å². The smallest absolute Gasteiger partial charge is 0.260 e. The first kappa shape index (κ1) is 21.2. The average molecular weight is 458 g/mol. The molecule has 2 aromatic heterocycles. The lowest BCUT2D eigenvalue weighted by molar-refractivity contribution is -0.120. The van der Waals surface area contributed by atoms with Crippen molar-refractivity contribution in [2.24, 2.45) is 0 Å². The van der Waals surface area contributed by atoms with Crippen LogP contribution in [0.1, 0.15) is 16.1 Å². The van der Waals surface area contributed by atoms with E-state index in [1.165, 1.54) is 11.8 Å². The third-order valence-corrected chi connectivity index (χ3v) is 5.79. The molecule has 3 heterocycles. The van der Waals surface area contributed by atoms with Crippen molar-refractivity contribution in [1.82, 2.24) is 15.3 Å². The van der Waals surface area contributed by atoms with Gasteiger partial charge in [-0.15, -0.1) is 11.8 Å². The standard InChI is InChI=1S/C21H20ClN5O3S/c1-12-18(21(31-2)26-19(24-12)16-4-3-9-30-16)20(29)25-13-5-6-15(14(22)10-13)27-8-7-23-17(28)11-27/h3-6,9-10H,7-8,11H2,1-2H3,(H,23,28)(H,25,29). The van der Waals surface area contributed by atoms with Crippen molar-refractivity contribution >= 4 is 46.6 Å². The Morgan fingerprint density at radius 1 is 1.32 bits per heavy atom. The van der Waals surface area contributed by atoms with Crippen molar-refractivity contribution < 1.29 is 14.0 Å². The highest BCUT2D eigenvalue weighted by Crippen LogP contribution is 2.30. The van der Waals surface area contributed by atoms with Crippen LogP contribution in [0, 0.1) is 6.92 Å². The van der Waals surface area contributed by atoms with Gasteiger partial charge in [-0.2, -0.15) is 0 Å². The van der Waals surface area contributed by atoms with E-state index in [2.05, 4.69) is 20.6 Å². The van der Waals surface area contributed by atoms with Crippen LogP contribution in [-0.4, -0.2) is 47.7 Å². The van der Waals surface area contributed by atoms with Gasteiger partial charge in [0.25, 0.3) is 5.91 Å². The van der Waals surface area contributed by atoms with Crippen molar-refractivity contribution in [3.63, 3.8) is 0 Å². The van der Waals surface area contributed by atoms with E-state index in [9.17, 15) is 9.59 Å². The summed E-state index contributed by atoms with van der Waals surface area (Å²) in [5.41, 5.74) is 2.24. The van der Waals surface area contributed by atoms with Gasteiger partial charge in [0.2, 0.25) is 5.91 Å². The molecule has 0 bridgehead atoms. The number of carbonyl (C=O) groups is 2. The lowest BCUT2D eigenvalue weighted by atomic mass is 10.2. The number of anilines is 2. The maximum Gasteiger partial charge on any atom is 0.260 e. The Kier molecular flexibility index (Phi) is 6.15. The number of furan rings is 1.